The number of rotatable bonds is 8. The van der Waals surface area contributed by atoms with Crippen molar-refractivity contribution in [2.24, 2.45) is 0 Å². The summed E-state index contributed by atoms with van der Waals surface area (Å²) in [5, 5.41) is 12.9. The molecule has 0 fully saturated rings. The molecule has 0 heterocycles. The minimum Gasteiger partial charge on any atom is -0.407 e. The summed E-state index contributed by atoms with van der Waals surface area (Å²) in [6, 6.07) is 21.3. The molecule has 0 aliphatic rings. The van der Waals surface area contributed by atoms with Gasteiger partial charge in [-0.05, 0) is 21.8 Å². The zero-order valence-electron chi connectivity index (χ0n) is 18.3. The molecule has 0 aromatic heterocycles. The minimum absolute atomic E-state index is 0.0329. The van der Waals surface area contributed by atoms with Crippen LogP contribution in [0.1, 0.15) is 27.2 Å². The highest BCUT2D eigenvalue weighted by Crippen LogP contribution is 2.36. The highest BCUT2D eigenvalue weighted by Gasteiger charge is 2.49. The Bertz CT molecular complexity index is 704. The molecule has 0 bridgehead atoms. The van der Waals surface area contributed by atoms with Crippen LogP contribution in [0.5, 0.6) is 0 Å². The Kier molecular flexibility index (Phi) is 7.62. The zero-order valence-corrected chi connectivity index (χ0v) is 20.3. The van der Waals surface area contributed by atoms with Gasteiger partial charge < -0.3 is 9.53 Å². The second kappa shape index (κ2) is 9.35. The quantitative estimate of drug-likeness (QED) is 0.634. The van der Waals surface area contributed by atoms with Gasteiger partial charge in [-0.1, -0.05) is 113 Å². The van der Waals surface area contributed by atoms with Crippen LogP contribution in [0.25, 0.3) is 0 Å². The maximum Gasteiger partial charge on any atom is 0.261 e. The average molecular weight is 413 g/mol. The Morgan fingerprint density at radius 2 is 1.36 bits per heavy atom. The van der Waals surface area contributed by atoms with E-state index in [1.807, 2.05) is 6.08 Å². The standard InChI is InChI=1S/C24H36O2Si2/c1-24(2,3)28(22-13-9-7-10-14-22,23-15-11-8-12-16-23)26-19-17-21(25)18-20-27(4,5)6/h7-16,18,20-21,25H,17,19H2,1-6H3/b20-18+. The Hall–Kier alpha value is -1.47. The van der Waals surface area contributed by atoms with Crippen LogP contribution < -0.4 is 10.4 Å². The van der Waals surface area contributed by atoms with Crippen LogP contribution in [0, 0.1) is 0 Å². The second-order valence-electron chi connectivity index (χ2n) is 9.59. The van der Waals surface area contributed by atoms with Crippen LogP contribution in [0.2, 0.25) is 24.7 Å². The van der Waals surface area contributed by atoms with Crippen molar-refractivity contribution in [2.45, 2.75) is 58.0 Å². The molecule has 2 aromatic carbocycles. The molecule has 0 aliphatic heterocycles. The fourth-order valence-corrected chi connectivity index (χ4v) is 8.97. The minimum atomic E-state index is -2.50. The predicted molar refractivity (Wildman–Crippen MR) is 127 cm³/mol. The van der Waals surface area contributed by atoms with Gasteiger partial charge >= 0.3 is 0 Å². The number of aliphatic hydroxyl groups excluding tert-OH is 1. The fourth-order valence-electron chi connectivity index (χ4n) is 3.59. The smallest absolute Gasteiger partial charge is 0.261 e. The van der Waals surface area contributed by atoms with E-state index in [9.17, 15) is 5.11 Å². The molecule has 152 valence electrons. The summed E-state index contributed by atoms with van der Waals surface area (Å²) in [7, 11) is -3.81. The van der Waals surface area contributed by atoms with E-state index in [2.05, 4.69) is 107 Å². The predicted octanol–water partition coefficient (Wildman–Crippen LogP) is 4.75. The molecule has 1 unspecified atom stereocenters. The first-order valence-corrected chi connectivity index (χ1v) is 15.7. The first kappa shape index (κ1) is 22.8. The van der Waals surface area contributed by atoms with E-state index in [1.165, 1.54) is 10.4 Å². The molecular formula is C24H36O2Si2. The van der Waals surface area contributed by atoms with E-state index in [1.54, 1.807) is 0 Å². The Balaban J connectivity index is 2.33. The lowest BCUT2D eigenvalue weighted by molar-refractivity contribution is 0.174. The summed E-state index contributed by atoms with van der Waals surface area (Å²) >= 11 is 0. The van der Waals surface area contributed by atoms with E-state index in [4.69, 9.17) is 4.43 Å². The van der Waals surface area contributed by atoms with Crippen molar-refractivity contribution in [3.8, 4) is 0 Å². The van der Waals surface area contributed by atoms with Gasteiger partial charge in [-0.25, -0.2) is 0 Å². The number of aliphatic hydroxyl groups is 1. The average Bonchev–Trinajstić information content (AvgIpc) is 2.63. The van der Waals surface area contributed by atoms with Crippen molar-refractivity contribution in [3.05, 3.63) is 72.4 Å². The van der Waals surface area contributed by atoms with E-state index in [0.29, 0.717) is 13.0 Å². The third-order valence-corrected chi connectivity index (χ3v) is 11.2. The molecule has 0 saturated heterocycles. The molecule has 0 amide bonds. The van der Waals surface area contributed by atoms with Gasteiger partial charge in [0.05, 0.1) is 14.2 Å². The van der Waals surface area contributed by atoms with Crippen LogP contribution in [-0.4, -0.2) is 34.2 Å². The van der Waals surface area contributed by atoms with Crippen molar-refractivity contribution < 1.29 is 9.53 Å². The van der Waals surface area contributed by atoms with Crippen LogP contribution in [0.4, 0.5) is 0 Å². The first-order valence-electron chi connectivity index (χ1n) is 10.2. The fraction of sp³-hybridized carbons (Fsp3) is 0.417. The lowest BCUT2D eigenvalue weighted by Gasteiger charge is -2.43. The van der Waals surface area contributed by atoms with Crippen LogP contribution in [0.15, 0.2) is 72.4 Å². The monoisotopic (exact) mass is 412 g/mol. The number of hydrogen-bond donors (Lipinski definition) is 1. The SMILES string of the molecule is CC(C)(C)[Si](OCCC(O)/C=C/[Si](C)(C)C)(c1ccccc1)c1ccccc1. The number of benzene rings is 2. The Morgan fingerprint density at radius 1 is 0.893 bits per heavy atom. The number of hydrogen-bond acceptors (Lipinski definition) is 2. The zero-order chi connectivity index (χ0) is 20.8. The third kappa shape index (κ3) is 5.77. The normalized spacial score (nSPS) is 14.4. The van der Waals surface area contributed by atoms with Gasteiger partial charge in [-0.3, -0.25) is 0 Å². The summed E-state index contributed by atoms with van der Waals surface area (Å²) in [5.74, 6) is 0. The molecule has 1 atom stereocenters. The Morgan fingerprint density at radius 3 is 1.75 bits per heavy atom. The first-order chi connectivity index (χ1) is 13.1. The van der Waals surface area contributed by atoms with Gasteiger partial charge in [0.2, 0.25) is 0 Å². The van der Waals surface area contributed by atoms with Crippen LogP contribution in [0.3, 0.4) is 0 Å². The summed E-state index contributed by atoms with van der Waals surface area (Å²) < 4.78 is 6.83. The van der Waals surface area contributed by atoms with Crippen molar-refractivity contribution >= 4 is 26.8 Å². The topological polar surface area (TPSA) is 29.5 Å². The molecule has 0 spiro atoms. The third-order valence-electron chi connectivity index (χ3n) is 4.97. The summed E-state index contributed by atoms with van der Waals surface area (Å²) in [6.45, 7) is 14.2. The van der Waals surface area contributed by atoms with E-state index in [-0.39, 0.29) is 5.04 Å². The van der Waals surface area contributed by atoms with Crippen molar-refractivity contribution in [3.63, 3.8) is 0 Å². The molecule has 2 nitrogen and oxygen atoms in total. The molecule has 2 aromatic rings. The van der Waals surface area contributed by atoms with E-state index >= 15 is 0 Å². The second-order valence-corrected chi connectivity index (χ2v) is 19.0. The van der Waals surface area contributed by atoms with E-state index in [0.717, 1.165) is 0 Å². The van der Waals surface area contributed by atoms with Crippen LogP contribution in [-0.2, 0) is 4.43 Å². The van der Waals surface area contributed by atoms with Gasteiger partial charge in [0.15, 0.2) is 0 Å². The molecule has 0 radical (unpaired) electrons. The summed E-state index contributed by atoms with van der Waals surface area (Å²) in [6.07, 6.45) is 2.12. The van der Waals surface area contributed by atoms with Crippen molar-refractivity contribution in [1.82, 2.24) is 0 Å². The van der Waals surface area contributed by atoms with Crippen LogP contribution >= 0.6 is 0 Å². The maximum atomic E-state index is 10.4. The highest BCUT2D eigenvalue weighted by molar-refractivity contribution is 6.99. The lowest BCUT2D eigenvalue weighted by atomic mass is 10.2. The molecule has 0 aliphatic carbocycles. The highest BCUT2D eigenvalue weighted by atomic mass is 28.4. The van der Waals surface area contributed by atoms with Crippen molar-refractivity contribution in [2.75, 3.05) is 6.61 Å². The van der Waals surface area contributed by atoms with Crippen molar-refractivity contribution in [1.29, 1.82) is 0 Å². The molecular weight excluding hydrogens is 376 g/mol. The summed E-state index contributed by atoms with van der Waals surface area (Å²) in [5.41, 5.74) is 2.21. The lowest BCUT2D eigenvalue weighted by Crippen LogP contribution is -2.66. The van der Waals surface area contributed by atoms with Gasteiger partial charge in [0, 0.05) is 6.61 Å². The molecule has 28 heavy (non-hydrogen) atoms. The van der Waals surface area contributed by atoms with Gasteiger partial charge in [-0.2, -0.15) is 0 Å². The Labute approximate surface area is 173 Å². The van der Waals surface area contributed by atoms with Gasteiger partial charge in [0.1, 0.15) is 0 Å². The summed E-state index contributed by atoms with van der Waals surface area (Å²) in [4.78, 5) is 0. The largest absolute Gasteiger partial charge is 0.407 e. The maximum absolute atomic E-state index is 10.4. The molecule has 4 heteroatoms. The molecule has 1 N–H and O–H groups in total. The molecule has 0 saturated carbocycles. The van der Waals surface area contributed by atoms with Gasteiger partial charge in [0.25, 0.3) is 8.32 Å². The van der Waals surface area contributed by atoms with Gasteiger partial charge in [-0.15, -0.1) is 0 Å². The van der Waals surface area contributed by atoms with E-state index < -0.39 is 22.5 Å². The molecule has 2 rings (SSSR count).